The minimum absolute atomic E-state index is 0.0671. The Hall–Kier alpha value is -5.79. The van der Waals surface area contributed by atoms with Crippen LogP contribution >= 0.6 is 11.6 Å². The van der Waals surface area contributed by atoms with E-state index in [0.29, 0.717) is 43.4 Å². The number of aromatic nitrogens is 3. The molecule has 2 aliphatic heterocycles. The summed E-state index contributed by atoms with van der Waals surface area (Å²) in [5, 5.41) is 15.7. The molecule has 17 nitrogen and oxygen atoms in total. The summed E-state index contributed by atoms with van der Waals surface area (Å²) < 4.78 is 43.5. The van der Waals surface area contributed by atoms with E-state index in [0.717, 1.165) is 50.7 Å². The Kier molecular flexibility index (Phi) is 12.4. The molecule has 0 saturated carbocycles. The zero-order valence-electron chi connectivity index (χ0n) is 35.3. The van der Waals surface area contributed by atoms with E-state index >= 15 is 0 Å². The molecular formula is C44H50ClN9O8S. The molecule has 4 N–H and O–H groups in total. The van der Waals surface area contributed by atoms with Gasteiger partial charge in [-0.05, 0) is 90.4 Å². The number of hydrogen-bond donors (Lipinski definition) is 3. The molecule has 2 aromatic heterocycles. The molecule has 1 unspecified atom stereocenters. The number of nitro benzene ring substituents is 1. The first-order valence-electron chi connectivity index (χ1n) is 20.8. The van der Waals surface area contributed by atoms with Crippen LogP contribution in [0.4, 0.5) is 22.9 Å². The summed E-state index contributed by atoms with van der Waals surface area (Å²) in [5.74, 6) is -0.883. The van der Waals surface area contributed by atoms with E-state index < -0.39 is 37.0 Å². The Morgan fingerprint density at radius 3 is 2.51 bits per heavy atom. The Labute approximate surface area is 369 Å². The summed E-state index contributed by atoms with van der Waals surface area (Å²) in [6, 6.07) is 19.6. The minimum atomic E-state index is -4.66. The molecule has 5 aromatic rings. The molecule has 1 aliphatic carbocycles. The number of nitrogens with zero attached hydrogens (tertiary/aromatic N) is 6. The zero-order valence-corrected chi connectivity index (χ0v) is 36.9. The standard InChI is InChI=1S/C44H50ClN9O8S/c1-44(2)15-14-29(35(24-44)28-4-6-30(45)7-5-28)26-51-16-18-52(19-17-51)31-8-10-34(38(22-31)53-37-12-13-40(46)48-41(37)43(56)50(53)3)42(55)49-63(59,60)33-9-11-36(39(23-33)54(57)58)47-25-32-27-61-20-21-62-32/h4-13,22-23,32,47H,14-21,24-27H2,1-3H3,(H2,46,48)(H,49,55). The maximum atomic E-state index is 14.2. The van der Waals surface area contributed by atoms with Crippen LogP contribution in [0.3, 0.4) is 0 Å². The summed E-state index contributed by atoms with van der Waals surface area (Å²) >= 11 is 6.24. The van der Waals surface area contributed by atoms with E-state index in [4.69, 9.17) is 26.8 Å². The average Bonchev–Trinajstić information content (AvgIpc) is 3.51. The molecule has 8 rings (SSSR count). The number of nitrogens with one attached hydrogen (secondary N) is 2. The van der Waals surface area contributed by atoms with Crippen molar-refractivity contribution >= 4 is 67.0 Å². The van der Waals surface area contributed by atoms with Gasteiger partial charge in [0.25, 0.3) is 27.2 Å². The fourth-order valence-corrected chi connectivity index (χ4v) is 9.68. The van der Waals surface area contributed by atoms with E-state index in [1.807, 2.05) is 12.1 Å². The van der Waals surface area contributed by atoms with Crippen LogP contribution in [0.25, 0.3) is 22.3 Å². The number of pyridine rings is 1. The number of piperazine rings is 1. The maximum absolute atomic E-state index is 14.2. The number of fused-ring (bicyclic) bond motifs is 1. The van der Waals surface area contributed by atoms with Crippen LogP contribution in [0.1, 0.15) is 49.0 Å². The van der Waals surface area contributed by atoms with Crippen molar-refractivity contribution in [3.63, 3.8) is 0 Å². The largest absolute Gasteiger partial charge is 0.384 e. The van der Waals surface area contributed by atoms with E-state index in [-0.39, 0.29) is 46.3 Å². The van der Waals surface area contributed by atoms with Crippen LogP contribution < -0.4 is 26.2 Å². The molecule has 3 aromatic carbocycles. The van der Waals surface area contributed by atoms with Gasteiger partial charge in [0.1, 0.15) is 11.5 Å². The quantitative estimate of drug-likeness (QED) is 0.103. The Bertz CT molecular complexity index is 2770. The van der Waals surface area contributed by atoms with Crippen molar-refractivity contribution in [2.45, 2.75) is 44.1 Å². The number of nitrogens with two attached hydrogens (primary N) is 1. The summed E-state index contributed by atoms with van der Waals surface area (Å²) in [6.45, 7) is 9.71. The van der Waals surface area contributed by atoms with E-state index in [2.05, 4.69) is 50.8 Å². The van der Waals surface area contributed by atoms with Crippen LogP contribution in [-0.4, -0.2) is 104 Å². The first-order chi connectivity index (χ1) is 30.1. The number of carbonyl (C=O) groups is 1. The highest BCUT2D eigenvalue weighted by molar-refractivity contribution is 7.90. The van der Waals surface area contributed by atoms with Gasteiger partial charge in [0.2, 0.25) is 0 Å². The number of amides is 1. The molecule has 2 fully saturated rings. The van der Waals surface area contributed by atoms with Crippen molar-refractivity contribution in [1.82, 2.24) is 24.0 Å². The monoisotopic (exact) mass is 899 g/mol. The van der Waals surface area contributed by atoms with Gasteiger partial charge in [0.05, 0.1) is 52.5 Å². The Morgan fingerprint density at radius 1 is 1.03 bits per heavy atom. The summed E-state index contributed by atoms with van der Waals surface area (Å²) in [5.41, 5.74) is 10.6. The first-order valence-corrected chi connectivity index (χ1v) is 22.6. The summed E-state index contributed by atoms with van der Waals surface area (Å²) in [6.07, 6.45) is 2.77. The number of carbonyl (C=O) groups excluding carboxylic acids is 1. The van der Waals surface area contributed by atoms with Gasteiger partial charge in [-0.1, -0.05) is 43.2 Å². The van der Waals surface area contributed by atoms with Crippen LogP contribution in [0.2, 0.25) is 5.02 Å². The lowest BCUT2D eigenvalue weighted by Crippen LogP contribution is -2.47. The van der Waals surface area contributed by atoms with Gasteiger partial charge in [0.15, 0.2) is 5.52 Å². The van der Waals surface area contributed by atoms with Gasteiger partial charge in [-0.25, -0.2) is 27.5 Å². The third-order valence-corrected chi connectivity index (χ3v) is 13.6. The van der Waals surface area contributed by atoms with Crippen molar-refractivity contribution in [2.75, 3.05) is 75.0 Å². The van der Waals surface area contributed by atoms with Crippen molar-refractivity contribution in [3.8, 4) is 5.69 Å². The SMILES string of the molecule is Cn1c(=O)c2nc(N)ccc2n1-c1cc(N2CCN(CC3=C(c4ccc(Cl)cc4)CC(C)(C)CC3)CC2)ccc1C(=O)NS(=O)(=O)c1ccc(NCC2COCCO2)c([N+](=O)[O-])c1. The normalized spacial score (nSPS) is 18.4. The van der Waals surface area contributed by atoms with Gasteiger partial charge in [-0.2, -0.15) is 0 Å². The second-order valence-electron chi connectivity index (χ2n) is 17.0. The van der Waals surface area contributed by atoms with E-state index in [1.54, 1.807) is 18.2 Å². The Morgan fingerprint density at radius 2 is 1.79 bits per heavy atom. The molecule has 332 valence electrons. The van der Waals surface area contributed by atoms with E-state index in [1.165, 1.54) is 57.4 Å². The van der Waals surface area contributed by atoms with Gasteiger partial charge in [0, 0.05) is 63.1 Å². The lowest BCUT2D eigenvalue weighted by molar-refractivity contribution is -0.384. The van der Waals surface area contributed by atoms with Gasteiger partial charge < -0.3 is 25.4 Å². The van der Waals surface area contributed by atoms with Gasteiger partial charge in [-0.15, -0.1) is 0 Å². The van der Waals surface area contributed by atoms with Crippen molar-refractivity contribution in [3.05, 3.63) is 115 Å². The van der Waals surface area contributed by atoms with Crippen LogP contribution in [-0.2, 0) is 26.5 Å². The molecule has 0 spiro atoms. The molecule has 3 aliphatic rings. The number of nitro groups is 1. The number of hydrogen-bond acceptors (Lipinski definition) is 13. The first kappa shape index (κ1) is 43.8. The molecule has 1 amide bonds. The number of allylic oxidation sites excluding steroid dienone is 1. The van der Waals surface area contributed by atoms with Crippen molar-refractivity contribution < 1.29 is 27.6 Å². The highest BCUT2D eigenvalue weighted by Crippen LogP contribution is 2.43. The van der Waals surface area contributed by atoms with Crippen LogP contribution in [0.15, 0.2) is 88.1 Å². The maximum Gasteiger partial charge on any atom is 0.293 e. The molecule has 63 heavy (non-hydrogen) atoms. The number of ether oxygens (including phenoxy) is 2. The fourth-order valence-electron chi connectivity index (χ4n) is 8.57. The van der Waals surface area contributed by atoms with Crippen molar-refractivity contribution in [1.29, 1.82) is 0 Å². The molecule has 2 saturated heterocycles. The third kappa shape index (κ3) is 9.45. The number of rotatable bonds is 12. The molecule has 1 atom stereocenters. The number of sulfonamides is 1. The lowest BCUT2D eigenvalue weighted by atomic mass is 9.72. The molecule has 0 bridgehead atoms. The predicted octanol–water partition coefficient (Wildman–Crippen LogP) is 5.60. The summed E-state index contributed by atoms with van der Waals surface area (Å²) in [4.78, 5) is 47.5. The van der Waals surface area contributed by atoms with Crippen molar-refractivity contribution in [2.24, 2.45) is 12.5 Å². The average molecular weight is 900 g/mol. The number of nitrogen functional groups attached to an aromatic ring is 1. The Balaban J connectivity index is 1.06. The van der Waals surface area contributed by atoms with Gasteiger partial charge >= 0.3 is 0 Å². The number of halogens is 1. The zero-order chi connectivity index (χ0) is 44.6. The highest BCUT2D eigenvalue weighted by Gasteiger charge is 2.31. The smallest absolute Gasteiger partial charge is 0.293 e. The second-order valence-corrected chi connectivity index (χ2v) is 19.1. The topological polar surface area (TPSA) is 209 Å². The number of anilines is 3. The van der Waals surface area contributed by atoms with Gasteiger partial charge in [-0.3, -0.25) is 24.6 Å². The fraction of sp³-hybridized carbons (Fsp3) is 0.386. The molecular weight excluding hydrogens is 850 g/mol. The highest BCUT2D eigenvalue weighted by atomic mass is 35.5. The van der Waals surface area contributed by atoms with Crippen LogP contribution in [0, 0.1) is 15.5 Å². The molecule has 0 radical (unpaired) electrons. The van der Waals surface area contributed by atoms with E-state index in [9.17, 15) is 28.1 Å². The lowest BCUT2D eigenvalue weighted by Gasteiger charge is -2.39. The number of benzene rings is 3. The minimum Gasteiger partial charge on any atom is -0.384 e. The molecule has 19 heteroatoms. The summed E-state index contributed by atoms with van der Waals surface area (Å²) in [7, 11) is -3.14. The second kappa shape index (κ2) is 17.8. The van der Waals surface area contributed by atoms with Crippen LogP contribution in [0.5, 0.6) is 0 Å². The molecule has 4 heterocycles. The third-order valence-electron chi connectivity index (χ3n) is 12.0. The predicted molar refractivity (Wildman–Crippen MR) is 242 cm³/mol.